The van der Waals surface area contributed by atoms with Gasteiger partial charge < -0.3 is 9.84 Å². The zero-order chi connectivity index (χ0) is 16.8. The average Bonchev–Trinajstić information content (AvgIpc) is 2.91. The van der Waals surface area contributed by atoms with Crippen LogP contribution in [0.25, 0.3) is 0 Å². The van der Waals surface area contributed by atoms with Crippen molar-refractivity contribution >= 4 is 0 Å². The maximum absolute atomic E-state index is 10.3. The molecular formula is C18H27N3O2. The lowest BCUT2D eigenvalue weighted by atomic mass is 10.1. The van der Waals surface area contributed by atoms with Gasteiger partial charge in [-0.3, -0.25) is 9.58 Å². The standard InChI is InChI=1S/C18H27N3O2/c1-5-21(11-16-9-19-20(4)10-16)12-17(22)13-23-18-14(2)7-6-8-15(18)3/h6-10,17,22H,5,11-13H2,1-4H3. The molecule has 1 aromatic heterocycles. The fourth-order valence-corrected chi connectivity index (χ4v) is 2.67. The summed E-state index contributed by atoms with van der Waals surface area (Å²) < 4.78 is 7.63. The molecule has 0 aliphatic carbocycles. The van der Waals surface area contributed by atoms with Gasteiger partial charge in [0, 0.05) is 31.9 Å². The van der Waals surface area contributed by atoms with Crippen molar-refractivity contribution in [2.24, 2.45) is 7.05 Å². The molecule has 1 aromatic carbocycles. The van der Waals surface area contributed by atoms with Gasteiger partial charge in [0.15, 0.2) is 0 Å². The first-order chi connectivity index (χ1) is 11.0. The lowest BCUT2D eigenvalue weighted by molar-refractivity contribution is 0.0670. The fourth-order valence-electron chi connectivity index (χ4n) is 2.67. The highest BCUT2D eigenvalue weighted by molar-refractivity contribution is 5.39. The van der Waals surface area contributed by atoms with Gasteiger partial charge in [0.2, 0.25) is 0 Å². The molecule has 0 bridgehead atoms. The maximum atomic E-state index is 10.3. The van der Waals surface area contributed by atoms with E-state index in [1.165, 1.54) is 0 Å². The third-order valence-electron chi connectivity index (χ3n) is 3.91. The molecule has 0 aliphatic heterocycles. The van der Waals surface area contributed by atoms with Crippen LogP contribution in [0.15, 0.2) is 30.6 Å². The van der Waals surface area contributed by atoms with Crippen LogP contribution in [0.1, 0.15) is 23.6 Å². The van der Waals surface area contributed by atoms with E-state index in [1.807, 2.05) is 51.5 Å². The molecule has 5 heteroatoms. The first kappa shape index (κ1) is 17.5. The zero-order valence-corrected chi connectivity index (χ0v) is 14.5. The molecule has 0 spiro atoms. The molecule has 0 radical (unpaired) electrons. The predicted molar refractivity (Wildman–Crippen MR) is 91.6 cm³/mol. The normalized spacial score (nSPS) is 12.6. The van der Waals surface area contributed by atoms with Gasteiger partial charge in [0.1, 0.15) is 18.5 Å². The summed E-state index contributed by atoms with van der Waals surface area (Å²) in [5.74, 6) is 0.877. The Kier molecular flexibility index (Phi) is 6.19. The van der Waals surface area contributed by atoms with E-state index >= 15 is 0 Å². The van der Waals surface area contributed by atoms with Crippen molar-refractivity contribution in [3.8, 4) is 5.75 Å². The summed E-state index contributed by atoms with van der Waals surface area (Å²) >= 11 is 0. The van der Waals surface area contributed by atoms with E-state index in [0.717, 1.165) is 35.5 Å². The summed E-state index contributed by atoms with van der Waals surface area (Å²) in [7, 11) is 1.91. The molecule has 2 aromatic rings. The van der Waals surface area contributed by atoms with Crippen molar-refractivity contribution in [1.82, 2.24) is 14.7 Å². The number of hydrogen-bond donors (Lipinski definition) is 1. The van der Waals surface area contributed by atoms with E-state index in [9.17, 15) is 5.11 Å². The van der Waals surface area contributed by atoms with E-state index in [0.29, 0.717) is 13.2 Å². The molecule has 0 aliphatic rings. The molecule has 2 rings (SSSR count). The number of ether oxygens (including phenoxy) is 1. The highest BCUT2D eigenvalue weighted by atomic mass is 16.5. The Hall–Kier alpha value is -1.85. The predicted octanol–water partition coefficient (Wildman–Crippen LogP) is 2.30. The van der Waals surface area contributed by atoms with Crippen LogP contribution < -0.4 is 4.74 Å². The van der Waals surface area contributed by atoms with Crippen LogP contribution >= 0.6 is 0 Å². The minimum Gasteiger partial charge on any atom is -0.490 e. The van der Waals surface area contributed by atoms with Crippen LogP contribution in [0.5, 0.6) is 5.75 Å². The Bertz CT molecular complexity index is 604. The van der Waals surface area contributed by atoms with E-state index in [1.54, 1.807) is 4.68 Å². The molecule has 1 N–H and O–H groups in total. The monoisotopic (exact) mass is 317 g/mol. The van der Waals surface area contributed by atoms with Crippen LogP contribution in [0.2, 0.25) is 0 Å². The average molecular weight is 317 g/mol. The number of aliphatic hydroxyl groups excluding tert-OH is 1. The molecule has 0 saturated carbocycles. The molecule has 126 valence electrons. The summed E-state index contributed by atoms with van der Waals surface area (Å²) in [4.78, 5) is 2.19. The Morgan fingerprint density at radius 1 is 1.30 bits per heavy atom. The third kappa shape index (κ3) is 5.08. The second kappa shape index (κ2) is 8.13. The molecule has 1 unspecified atom stereocenters. The lowest BCUT2D eigenvalue weighted by Crippen LogP contribution is -2.35. The summed E-state index contributed by atoms with van der Waals surface area (Å²) in [5.41, 5.74) is 3.34. The van der Waals surface area contributed by atoms with E-state index in [-0.39, 0.29) is 0 Å². The smallest absolute Gasteiger partial charge is 0.125 e. The summed E-state index contributed by atoms with van der Waals surface area (Å²) in [6, 6.07) is 6.06. The van der Waals surface area contributed by atoms with E-state index in [2.05, 4.69) is 16.9 Å². The maximum Gasteiger partial charge on any atom is 0.125 e. The minimum absolute atomic E-state index is 0.301. The number of hydrogen-bond acceptors (Lipinski definition) is 4. The van der Waals surface area contributed by atoms with Crippen LogP contribution in [-0.2, 0) is 13.6 Å². The lowest BCUT2D eigenvalue weighted by Gasteiger charge is -2.23. The largest absolute Gasteiger partial charge is 0.490 e. The van der Waals surface area contributed by atoms with Crippen molar-refractivity contribution < 1.29 is 9.84 Å². The molecule has 0 fully saturated rings. The van der Waals surface area contributed by atoms with Gasteiger partial charge in [-0.25, -0.2) is 0 Å². The number of aryl methyl sites for hydroxylation is 3. The van der Waals surface area contributed by atoms with Crippen LogP contribution in [0.4, 0.5) is 0 Å². The van der Waals surface area contributed by atoms with Crippen molar-refractivity contribution in [3.63, 3.8) is 0 Å². The van der Waals surface area contributed by atoms with Crippen LogP contribution in [-0.4, -0.2) is 45.6 Å². The molecule has 5 nitrogen and oxygen atoms in total. The number of benzene rings is 1. The van der Waals surface area contributed by atoms with Crippen molar-refractivity contribution in [1.29, 1.82) is 0 Å². The molecule has 1 heterocycles. The first-order valence-electron chi connectivity index (χ1n) is 8.06. The van der Waals surface area contributed by atoms with E-state index < -0.39 is 6.10 Å². The van der Waals surface area contributed by atoms with Gasteiger partial charge in [-0.1, -0.05) is 25.1 Å². The quantitative estimate of drug-likeness (QED) is 0.812. The van der Waals surface area contributed by atoms with Gasteiger partial charge in [-0.2, -0.15) is 5.10 Å². The number of likely N-dealkylation sites (N-methyl/N-ethyl adjacent to an activating group) is 1. The molecule has 1 atom stereocenters. The number of para-hydroxylation sites is 1. The Morgan fingerprint density at radius 2 is 2.00 bits per heavy atom. The highest BCUT2D eigenvalue weighted by Gasteiger charge is 2.13. The third-order valence-corrected chi connectivity index (χ3v) is 3.91. The van der Waals surface area contributed by atoms with Gasteiger partial charge in [0.25, 0.3) is 0 Å². The summed E-state index contributed by atoms with van der Waals surface area (Å²) in [5, 5.41) is 14.5. The number of nitrogens with zero attached hydrogens (tertiary/aromatic N) is 3. The summed E-state index contributed by atoms with van der Waals surface area (Å²) in [6.07, 6.45) is 3.34. The number of aliphatic hydroxyl groups is 1. The van der Waals surface area contributed by atoms with Crippen LogP contribution in [0.3, 0.4) is 0 Å². The molecule has 0 amide bonds. The zero-order valence-electron chi connectivity index (χ0n) is 14.5. The topological polar surface area (TPSA) is 50.5 Å². The Labute approximate surface area is 138 Å². The Balaban J connectivity index is 1.86. The molecule has 0 saturated heterocycles. The van der Waals surface area contributed by atoms with E-state index in [4.69, 9.17) is 4.74 Å². The van der Waals surface area contributed by atoms with Crippen molar-refractivity contribution in [2.75, 3.05) is 19.7 Å². The summed E-state index contributed by atoms with van der Waals surface area (Å²) in [6.45, 7) is 8.67. The van der Waals surface area contributed by atoms with Gasteiger partial charge in [0.05, 0.1) is 6.20 Å². The molecule has 23 heavy (non-hydrogen) atoms. The molecular weight excluding hydrogens is 290 g/mol. The Morgan fingerprint density at radius 3 is 2.57 bits per heavy atom. The number of aromatic nitrogens is 2. The second-order valence-corrected chi connectivity index (χ2v) is 6.04. The first-order valence-corrected chi connectivity index (χ1v) is 8.06. The van der Waals surface area contributed by atoms with Crippen LogP contribution in [0, 0.1) is 13.8 Å². The van der Waals surface area contributed by atoms with Crippen molar-refractivity contribution in [3.05, 3.63) is 47.3 Å². The van der Waals surface area contributed by atoms with Gasteiger partial charge >= 0.3 is 0 Å². The highest BCUT2D eigenvalue weighted by Crippen LogP contribution is 2.22. The second-order valence-electron chi connectivity index (χ2n) is 6.04. The minimum atomic E-state index is -0.523. The number of rotatable bonds is 8. The van der Waals surface area contributed by atoms with Gasteiger partial charge in [-0.05, 0) is 31.5 Å². The van der Waals surface area contributed by atoms with Crippen molar-refractivity contribution in [2.45, 2.75) is 33.4 Å². The van der Waals surface area contributed by atoms with Gasteiger partial charge in [-0.15, -0.1) is 0 Å². The SMILES string of the molecule is CCN(Cc1cnn(C)c1)CC(O)COc1c(C)cccc1C. The fraction of sp³-hybridized carbons (Fsp3) is 0.500.